The molecule has 2 aromatic rings. The van der Waals surface area contributed by atoms with Crippen molar-refractivity contribution in [1.29, 1.82) is 0 Å². The number of amides is 1. The number of aromatic nitrogens is 2. The van der Waals surface area contributed by atoms with Gasteiger partial charge in [0.25, 0.3) is 5.91 Å². The van der Waals surface area contributed by atoms with E-state index in [2.05, 4.69) is 19.8 Å². The van der Waals surface area contributed by atoms with Crippen LogP contribution in [0, 0.1) is 5.82 Å². The molecule has 0 bridgehead atoms. The minimum atomic E-state index is -0.592. The molecule has 2 aliphatic heterocycles. The average Bonchev–Trinajstić information content (AvgIpc) is 2.74. The number of halogens is 2. The van der Waals surface area contributed by atoms with Crippen molar-refractivity contribution in [2.45, 2.75) is 0 Å². The normalized spacial score (nSPS) is 17.7. The number of rotatable bonds is 3. The summed E-state index contributed by atoms with van der Waals surface area (Å²) >= 11 is 6.03. The molecule has 0 aliphatic carbocycles. The Morgan fingerprint density at radius 3 is 2.29 bits per heavy atom. The van der Waals surface area contributed by atoms with E-state index >= 15 is 0 Å². The second kappa shape index (κ2) is 8.28. The third kappa shape index (κ3) is 3.88. The van der Waals surface area contributed by atoms with E-state index in [0.29, 0.717) is 39.4 Å². The van der Waals surface area contributed by atoms with E-state index in [1.165, 1.54) is 18.2 Å². The third-order valence-corrected chi connectivity index (χ3v) is 5.36. The van der Waals surface area contributed by atoms with Gasteiger partial charge in [-0.15, -0.1) is 0 Å². The zero-order valence-electron chi connectivity index (χ0n) is 15.4. The van der Waals surface area contributed by atoms with Crippen LogP contribution in [-0.4, -0.2) is 73.3 Å². The number of carbonyl (C=O) groups is 1. The van der Waals surface area contributed by atoms with Crippen molar-refractivity contribution in [2.24, 2.45) is 0 Å². The van der Waals surface area contributed by atoms with E-state index in [1.807, 2.05) is 6.07 Å². The van der Waals surface area contributed by atoms with Gasteiger partial charge < -0.3 is 19.4 Å². The molecule has 1 aromatic heterocycles. The summed E-state index contributed by atoms with van der Waals surface area (Å²) in [5.41, 5.74) is -0.0609. The molecule has 28 heavy (non-hydrogen) atoms. The number of benzene rings is 1. The van der Waals surface area contributed by atoms with Gasteiger partial charge in [-0.25, -0.2) is 14.4 Å². The molecule has 0 unspecified atom stereocenters. The molecule has 9 heteroatoms. The van der Waals surface area contributed by atoms with Crippen LogP contribution in [0.25, 0.3) is 0 Å². The second-order valence-corrected chi connectivity index (χ2v) is 7.12. The molecular weight excluding hydrogens is 385 g/mol. The molecule has 2 fully saturated rings. The lowest BCUT2D eigenvalue weighted by atomic mass is 10.1. The average molecular weight is 406 g/mol. The predicted octanol–water partition coefficient (Wildman–Crippen LogP) is 2.07. The first-order chi connectivity index (χ1) is 13.6. The van der Waals surface area contributed by atoms with Crippen molar-refractivity contribution in [3.63, 3.8) is 0 Å². The molecule has 0 atom stereocenters. The molecule has 3 heterocycles. The van der Waals surface area contributed by atoms with E-state index in [4.69, 9.17) is 16.3 Å². The molecule has 1 aromatic carbocycles. The van der Waals surface area contributed by atoms with Gasteiger partial charge in [-0.1, -0.05) is 17.7 Å². The quantitative estimate of drug-likeness (QED) is 0.779. The van der Waals surface area contributed by atoms with Crippen LogP contribution >= 0.6 is 11.6 Å². The van der Waals surface area contributed by atoms with Gasteiger partial charge in [-0.2, -0.15) is 0 Å². The number of hydrogen-bond donors (Lipinski definition) is 0. The molecule has 0 radical (unpaired) electrons. The summed E-state index contributed by atoms with van der Waals surface area (Å²) < 4.78 is 19.4. The van der Waals surface area contributed by atoms with Crippen LogP contribution in [0.2, 0.25) is 5.02 Å². The lowest BCUT2D eigenvalue weighted by molar-refractivity contribution is 0.0742. The van der Waals surface area contributed by atoms with Crippen molar-refractivity contribution < 1.29 is 13.9 Å². The number of nitrogens with zero attached hydrogens (tertiary/aromatic N) is 5. The molecule has 148 valence electrons. The van der Waals surface area contributed by atoms with Gasteiger partial charge in [0.2, 0.25) is 0 Å². The Kier molecular flexibility index (Phi) is 5.59. The molecule has 0 spiro atoms. The zero-order chi connectivity index (χ0) is 19.5. The van der Waals surface area contributed by atoms with Crippen LogP contribution in [0.15, 0.2) is 30.6 Å². The monoisotopic (exact) mass is 405 g/mol. The molecule has 1 amide bonds. The van der Waals surface area contributed by atoms with Gasteiger partial charge in [-0.05, 0) is 12.1 Å². The number of hydrogen-bond acceptors (Lipinski definition) is 6. The summed E-state index contributed by atoms with van der Waals surface area (Å²) in [7, 11) is 0. The van der Waals surface area contributed by atoms with Gasteiger partial charge in [0.05, 0.1) is 23.8 Å². The van der Waals surface area contributed by atoms with Gasteiger partial charge in [0.1, 0.15) is 23.8 Å². The lowest BCUT2D eigenvalue weighted by Crippen LogP contribution is -2.49. The maximum atomic E-state index is 14.0. The van der Waals surface area contributed by atoms with E-state index < -0.39 is 5.82 Å². The highest BCUT2D eigenvalue weighted by atomic mass is 35.5. The molecule has 2 aliphatic rings. The van der Waals surface area contributed by atoms with Gasteiger partial charge in [-0.3, -0.25) is 4.79 Å². The molecule has 0 N–H and O–H groups in total. The first-order valence-corrected chi connectivity index (χ1v) is 9.64. The van der Waals surface area contributed by atoms with E-state index in [1.54, 1.807) is 11.2 Å². The molecule has 4 rings (SSSR count). The Labute approximate surface area is 167 Å². The number of ether oxygens (including phenoxy) is 1. The van der Waals surface area contributed by atoms with Gasteiger partial charge >= 0.3 is 0 Å². The number of anilines is 2. The first kappa shape index (κ1) is 18.9. The SMILES string of the molecule is O=C(c1c(F)cccc1Cl)N1CCN(c2cc(N3CCOCC3)ncn2)CC1. The second-order valence-electron chi connectivity index (χ2n) is 6.71. The van der Waals surface area contributed by atoms with E-state index in [9.17, 15) is 9.18 Å². The number of piperazine rings is 1. The third-order valence-electron chi connectivity index (χ3n) is 5.04. The summed E-state index contributed by atoms with van der Waals surface area (Å²) in [6.45, 7) is 5.16. The standard InChI is InChI=1S/C19H21ClFN5O2/c20-14-2-1-3-15(21)18(14)19(27)26-6-4-24(5-7-26)16-12-17(23-13-22-16)25-8-10-28-11-9-25/h1-3,12-13H,4-11H2. The number of carbonyl (C=O) groups excluding carboxylic acids is 1. The largest absolute Gasteiger partial charge is 0.378 e. The fourth-order valence-electron chi connectivity index (χ4n) is 3.47. The van der Waals surface area contributed by atoms with Crippen LogP contribution in [0.3, 0.4) is 0 Å². The molecular formula is C19H21ClFN5O2. The molecule has 2 saturated heterocycles. The van der Waals surface area contributed by atoms with Gasteiger partial charge in [0, 0.05) is 45.3 Å². The van der Waals surface area contributed by atoms with Crippen molar-refractivity contribution in [3.8, 4) is 0 Å². The van der Waals surface area contributed by atoms with Gasteiger partial charge in [0.15, 0.2) is 0 Å². The van der Waals surface area contributed by atoms with Crippen LogP contribution in [0.4, 0.5) is 16.0 Å². The minimum Gasteiger partial charge on any atom is -0.378 e. The summed E-state index contributed by atoms with van der Waals surface area (Å²) in [6.07, 6.45) is 1.57. The van der Waals surface area contributed by atoms with Crippen molar-refractivity contribution in [2.75, 3.05) is 62.3 Å². The highest BCUT2D eigenvalue weighted by Gasteiger charge is 2.26. The Balaban J connectivity index is 1.42. The highest BCUT2D eigenvalue weighted by Crippen LogP contribution is 2.23. The van der Waals surface area contributed by atoms with Crippen LogP contribution in [0.1, 0.15) is 10.4 Å². The van der Waals surface area contributed by atoms with Crippen LogP contribution in [-0.2, 0) is 4.74 Å². The number of morpholine rings is 1. The smallest absolute Gasteiger partial charge is 0.258 e. The summed E-state index contributed by atoms with van der Waals surface area (Å²) in [4.78, 5) is 27.4. The molecule has 7 nitrogen and oxygen atoms in total. The summed E-state index contributed by atoms with van der Waals surface area (Å²) in [5, 5.41) is 0.137. The summed E-state index contributed by atoms with van der Waals surface area (Å²) in [6, 6.07) is 6.25. The van der Waals surface area contributed by atoms with E-state index in [-0.39, 0.29) is 16.5 Å². The fourth-order valence-corrected chi connectivity index (χ4v) is 3.72. The maximum absolute atomic E-state index is 14.0. The van der Waals surface area contributed by atoms with Crippen LogP contribution in [0.5, 0.6) is 0 Å². The molecule has 0 saturated carbocycles. The van der Waals surface area contributed by atoms with Crippen molar-refractivity contribution in [3.05, 3.63) is 47.0 Å². The lowest BCUT2D eigenvalue weighted by Gasteiger charge is -2.36. The topological polar surface area (TPSA) is 61.8 Å². The highest BCUT2D eigenvalue weighted by molar-refractivity contribution is 6.33. The predicted molar refractivity (Wildman–Crippen MR) is 105 cm³/mol. The van der Waals surface area contributed by atoms with Crippen molar-refractivity contribution in [1.82, 2.24) is 14.9 Å². The fraction of sp³-hybridized carbons (Fsp3) is 0.421. The minimum absolute atomic E-state index is 0.0609. The maximum Gasteiger partial charge on any atom is 0.258 e. The zero-order valence-corrected chi connectivity index (χ0v) is 16.1. The van der Waals surface area contributed by atoms with Crippen molar-refractivity contribution >= 4 is 29.1 Å². The Morgan fingerprint density at radius 2 is 1.64 bits per heavy atom. The Bertz CT molecular complexity index is 834. The van der Waals surface area contributed by atoms with E-state index in [0.717, 1.165) is 24.7 Å². The Hall–Kier alpha value is -2.45. The Morgan fingerprint density at radius 1 is 1.00 bits per heavy atom. The first-order valence-electron chi connectivity index (χ1n) is 9.26. The van der Waals surface area contributed by atoms with Crippen LogP contribution < -0.4 is 9.80 Å². The summed E-state index contributed by atoms with van der Waals surface area (Å²) in [5.74, 6) is 0.739.